The number of nitrogens with two attached hydrogens (primary N) is 1. The SMILES string of the molecule is CCN(CC)CCOc1cc(Cl)c2cc(C(=O)N(C)C(=N)N)[nH]c2c1.Cl.Cl. The van der Waals surface area contributed by atoms with Crippen LogP contribution in [0, 0.1) is 5.41 Å². The maximum atomic E-state index is 12.3. The number of nitrogens with one attached hydrogen (secondary N) is 2. The largest absolute Gasteiger partial charge is 0.492 e. The average Bonchev–Trinajstić information content (AvgIpc) is 3.02. The van der Waals surface area contributed by atoms with Crippen LogP contribution >= 0.6 is 36.4 Å². The van der Waals surface area contributed by atoms with Crippen molar-refractivity contribution in [2.75, 3.05) is 33.3 Å². The Kier molecular flexibility index (Phi) is 10.5. The molecule has 27 heavy (non-hydrogen) atoms. The summed E-state index contributed by atoms with van der Waals surface area (Å²) < 4.78 is 5.79. The molecule has 4 N–H and O–H groups in total. The normalized spacial score (nSPS) is 10.3. The number of ether oxygens (including phenoxy) is 1. The smallest absolute Gasteiger partial charge is 0.276 e. The number of guanidine groups is 1. The van der Waals surface area contributed by atoms with Crippen molar-refractivity contribution in [3.05, 3.63) is 28.9 Å². The predicted molar refractivity (Wildman–Crippen MR) is 115 cm³/mol. The molecule has 0 aliphatic rings. The van der Waals surface area contributed by atoms with Gasteiger partial charge in [0.15, 0.2) is 5.96 Å². The van der Waals surface area contributed by atoms with E-state index in [1.807, 2.05) is 6.07 Å². The van der Waals surface area contributed by atoms with E-state index in [1.54, 1.807) is 12.1 Å². The Labute approximate surface area is 176 Å². The van der Waals surface area contributed by atoms with Crippen LogP contribution in [0.25, 0.3) is 10.9 Å². The van der Waals surface area contributed by atoms with E-state index in [0.29, 0.717) is 28.6 Å². The van der Waals surface area contributed by atoms with Crippen LogP contribution in [0.5, 0.6) is 5.75 Å². The number of carbonyl (C=O) groups excluding carboxylic acids is 1. The lowest BCUT2D eigenvalue weighted by Crippen LogP contribution is -2.38. The van der Waals surface area contributed by atoms with Crippen molar-refractivity contribution in [2.24, 2.45) is 5.73 Å². The molecule has 0 saturated heterocycles. The van der Waals surface area contributed by atoms with Crippen LogP contribution in [0.3, 0.4) is 0 Å². The van der Waals surface area contributed by atoms with Crippen LogP contribution in [-0.4, -0.2) is 59.9 Å². The van der Waals surface area contributed by atoms with Gasteiger partial charge in [-0.1, -0.05) is 25.4 Å². The van der Waals surface area contributed by atoms with Gasteiger partial charge in [0.05, 0.1) is 10.5 Å². The van der Waals surface area contributed by atoms with Crippen LogP contribution in [-0.2, 0) is 0 Å². The van der Waals surface area contributed by atoms with E-state index in [0.717, 1.165) is 29.9 Å². The summed E-state index contributed by atoms with van der Waals surface area (Å²) >= 11 is 6.32. The highest BCUT2D eigenvalue weighted by Crippen LogP contribution is 2.30. The molecule has 0 bridgehead atoms. The lowest BCUT2D eigenvalue weighted by molar-refractivity contribution is 0.0864. The Hall–Kier alpha value is -1.67. The summed E-state index contributed by atoms with van der Waals surface area (Å²) in [5.74, 6) is -0.0793. The van der Waals surface area contributed by atoms with Crippen molar-refractivity contribution in [3.63, 3.8) is 0 Å². The Bertz CT molecular complexity index is 777. The highest BCUT2D eigenvalue weighted by molar-refractivity contribution is 6.35. The molecule has 7 nitrogen and oxygen atoms in total. The first-order chi connectivity index (χ1) is 11.9. The number of aromatic nitrogens is 1. The molecule has 1 aromatic heterocycles. The Morgan fingerprint density at radius 1 is 1.26 bits per heavy atom. The number of halogens is 3. The molecule has 0 unspecified atom stereocenters. The highest BCUT2D eigenvalue weighted by Gasteiger charge is 2.17. The number of H-pyrrole nitrogens is 1. The van der Waals surface area contributed by atoms with Crippen LogP contribution < -0.4 is 10.5 Å². The maximum absolute atomic E-state index is 12.3. The van der Waals surface area contributed by atoms with Gasteiger partial charge in [0, 0.05) is 25.0 Å². The van der Waals surface area contributed by atoms with Crippen LogP contribution in [0.15, 0.2) is 18.2 Å². The van der Waals surface area contributed by atoms with Crippen LogP contribution in [0.2, 0.25) is 5.02 Å². The highest BCUT2D eigenvalue weighted by atomic mass is 35.5. The molecular formula is C17H26Cl3N5O2. The zero-order chi connectivity index (χ0) is 18.6. The molecule has 152 valence electrons. The van der Waals surface area contributed by atoms with Crippen molar-refractivity contribution in [1.29, 1.82) is 5.41 Å². The van der Waals surface area contributed by atoms with Crippen molar-refractivity contribution in [3.8, 4) is 5.75 Å². The Morgan fingerprint density at radius 3 is 2.44 bits per heavy atom. The third-order valence-corrected chi connectivity index (χ3v) is 4.44. The molecule has 0 aliphatic heterocycles. The minimum atomic E-state index is -0.399. The van der Waals surface area contributed by atoms with E-state index < -0.39 is 5.91 Å². The number of hydrogen-bond acceptors (Lipinski definition) is 4. The predicted octanol–water partition coefficient (Wildman–Crippen LogP) is 3.35. The van der Waals surface area contributed by atoms with Crippen molar-refractivity contribution in [2.45, 2.75) is 13.8 Å². The molecular weight excluding hydrogens is 413 g/mol. The third-order valence-electron chi connectivity index (χ3n) is 4.13. The average molecular weight is 439 g/mol. The summed E-state index contributed by atoms with van der Waals surface area (Å²) in [5, 5.41) is 8.57. The second-order valence-corrected chi connectivity index (χ2v) is 6.08. The van der Waals surface area contributed by atoms with E-state index in [4.69, 9.17) is 27.5 Å². The zero-order valence-corrected chi connectivity index (χ0v) is 17.9. The Morgan fingerprint density at radius 2 is 1.89 bits per heavy atom. The molecule has 2 aromatic rings. The molecule has 10 heteroatoms. The molecule has 0 radical (unpaired) electrons. The molecule has 0 fully saturated rings. The molecule has 0 saturated carbocycles. The number of nitrogens with zero attached hydrogens (tertiary/aromatic N) is 2. The summed E-state index contributed by atoms with van der Waals surface area (Å²) in [6.07, 6.45) is 0. The number of hydrogen-bond donors (Lipinski definition) is 3. The molecule has 1 amide bonds. The van der Waals surface area contributed by atoms with Crippen LogP contribution in [0.4, 0.5) is 0 Å². The van der Waals surface area contributed by atoms with Gasteiger partial charge >= 0.3 is 0 Å². The topological polar surface area (TPSA) is 98.4 Å². The fourth-order valence-electron chi connectivity index (χ4n) is 2.49. The fraction of sp³-hybridized carbons (Fsp3) is 0.412. The summed E-state index contributed by atoms with van der Waals surface area (Å²) in [6, 6.07) is 5.20. The van der Waals surface area contributed by atoms with Gasteiger partial charge in [-0.2, -0.15) is 0 Å². The number of fused-ring (bicyclic) bond motifs is 1. The first kappa shape index (κ1) is 25.3. The molecule has 0 atom stereocenters. The number of benzene rings is 1. The van der Waals surface area contributed by atoms with Crippen molar-refractivity contribution >= 4 is 59.2 Å². The number of amides is 1. The van der Waals surface area contributed by atoms with Gasteiger partial charge in [-0.3, -0.25) is 15.1 Å². The van der Waals surface area contributed by atoms with Gasteiger partial charge in [-0.25, -0.2) is 0 Å². The lowest BCUT2D eigenvalue weighted by atomic mass is 10.2. The minimum absolute atomic E-state index is 0. The fourth-order valence-corrected chi connectivity index (χ4v) is 2.75. The molecule has 0 spiro atoms. The summed E-state index contributed by atoms with van der Waals surface area (Å²) in [4.78, 5) is 18.6. The van der Waals surface area contributed by atoms with E-state index in [1.165, 1.54) is 7.05 Å². The van der Waals surface area contributed by atoms with Crippen molar-refractivity contribution < 1.29 is 9.53 Å². The quantitative estimate of drug-likeness (QED) is 0.456. The van der Waals surface area contributed by atoms with Gasteiger partial charge in [0.1, 0.15) is 18.1 Å². The van der Waals surface area contributed by atoms with Gasteiger partial charge in [0.25, 0.3) is 5.91 Å². The second-order valence-electron chi connectivity index (χ2n) is 5.67. The van der Waals surface area contributed by atoms with E-state index >= 15 is 0 Å². The van der Waals surface area contributed by atoms with E-state index in [-0.39, 0.29) is 30.8 Å². The molecule has 2 rings (SSSR count). The molecule has 1 aromatic carbocycles. The van der Waals surface area contributed by atoms with Crippen LogP contribution in [0.1, 0.15) is 24.3 Å². The molecule has 1 heterocycles. The lowest BCUT2D eigenvalue weighted by Gasteiger charge is -2.18. The summed E-state index contributed by atoms with van der Waals surface area (Å²) in [7, 11) is 1.44. The molecule has 0 aliphatic carbocycles. The summed E-state index contributed by atoms with van der Waals surface area (Å²) in [5.41, 5.74) is 6.36. The van der Waals surface area contributed by atoms with Crippen molar-refractivity contribution in [1.82, 2.24) is 14.8 Å². The van der Waals surface area contributed by atoms with Gasteiger partial charge < -0.3 is 20.4 Å². The minimum Gasteiger partial charge on any atom is -0.492 e. The maximum Gasteiger partial charge on any atom is 0.276 e. The van der Waals surface area contributed by atoms with Gasteiger partial charge in [-0.05, 0) is 25.2 Å². The van der Waals surface area contributed by atoms with Gasteiger partial charge in [-0.15, -0.1) is 24.8 Å². The van der Waals surface area contributed by atoms with E-state index in [2.05, 4.69) is 23.7 Å². The summed E-state index contributed by atoms with van der Waals surface area (Å²) in [6.45, 7) is 7.57. The number of aromatic amines is 1. The standard InChI is InChI=1S/C17H24ClN5O2.2ClH/c1-4-23(5-2)6-7-25-11-8-13(18)12-10-15(21-14(12)9-11)16(24)22(3)17(19)20;;/h8-10,21H,4-7H2,1-3H3,(H3,19,20);2*1H. The van der Waals surface area contributed by atoms with E-state index in [9.17, 15) is 4.79 Å². The monoisotopic (exact) mass is 437 g/mol. The van der Waals surface area contributed by atoms with Gasteiger partial charge in [0.2, 0.25) is 0 Å². The Balaban J connectivity index is 0.00000338. The number of likely N-dealkylation sites (N-methyl/N-ethyl adjacent to an activating group) is 1. The zero-order valence-electron chi connectivity index (χ0n) is 15.5. The number of carbonyl (C=O) groups is 1. The first-order valence-electron chi connectivity index (χ1n) is 8.16. The third kappa shape index (κ3) is 6.17. The number of rotatable bonds is 7. The second kappa shape index (κ2) is 11.2. The first-order valence-corrected chi connectivity index (χ1v) is 8.54.